The number of amides is 1. The zero-order valence-electron chi connectivity index (χ0n) is 13.3. The molecule has 122 valence electrons. The van der Waals surface area contributed by atoms with Gasteiger partial charge in [-0.25, -0.2) is 4.98 Å². The molecule has 2 aromatic rings. The Morgan fingerprint density at radius 2 is 2.09 bits per heavy atom. The number of thiophene rings is 1. The van der Waals surface area contributed by atoms with Gasteiger partial charge in [0.25, 0.3) is 5.91 Å². The molecule has 0 spiro atoms. The molecule has 4 heterocycles. The Hall–Kier alpha value is -1.24. The van der Waals surface area contributed by atoms with E-state index in [0.717, 1.165) is 40.7 Å². The molecular weight excluding hydrogens is 326 g/mol. The topological polar surface area (TPSA) is 36.4 Å². The van der Waals surface area contributed by atoms with E-state index in [2.05, 4.69) is 27.9 Å². The van der Waals surface area contributed by atoms with E-state index in [9.17, 15) is 4.79 Å². The van der Waals surface area contributed by atoms with Crippen molar-refractivity contribution in [1.29, 1.82) is 0 Å². The quantitative estimate of drug-likeness (QED) is 0.852. The van der Waals surface area contributed by atoms with E-state index in [4.69, 9.17) is 0 Å². The first-order valence-corrected chi connectivity index (χ1v) is 9.94. The Kier molecular flexibility index (Phi) is 4.22. The molecule has 1 amide bonds. The maximum absolute atomic E-state index is 13.0. The number of likely N-dealkylation sites (N-methyl/N-ethyl adjacent to an activating group) is 1. The van der Waals surface area contributed by atoms with Gasteiger partial charge in [0.15, 0.2) is 0 Å². The van der Waals surface area contributed by atoms with Gasteiger partial charge in [0, 0.05) is 18.6 Å². The average molecular weight is 348 g/mol. The molecule has 2 atom stereocenters. The fourth-order valence-electron chi connectivity index (χ4n) is 3.90. The van der Waals surface area contributed by atoms with Gasteiger partial charge in [-0.05, 0) is 50.7 Å². The van der Waals surface area contributed by atoms with Crippen molar-refractivity contribution in [1.82, 2.24) is 14.8 Å². The van der Waals surface area contributed by atoms with Crippen LogP contribution in [0.25, 0.3) is 9.88 Å². The second-order valence-electron chi connectivity index (χ2n) is 6.41. The fraction of sp³-hybridized carbons (Fsp3) is 0.529. The number of hydrogen-bond acceptors (Lipinski definition) is 5. The van der Waals surface area contributed by atoms with Crippen LogP contribution in [0.4, 0.5) is 0 Å². The zero-order chi connectivity index (χ0) is 15.8. The molecule has 2 fully saturated rings. The highest BCUT2D eigenvalue weighted by Gasteiger charge is 2.39. The molecule has 2 aliphatic rings. The van der Waals surface area contributed by atoms with Crippen molar-refractivity contribution in [2.75, 3.05) is 20.1 Å². The molecule has 0 bridgehead atoms. The summed E-state index contributed by atoms with van der Waals surface area (Å²) in [6.07, 6.45) is 6.49. The van der Waals surface area contributed by atoms with Gasteiger partial charge in [-0.2, -0.15) is 0 Å². The highest BCUT2D eigenvalue weighted by atomic mass is 32.1. The number of thiazole rings is 1. The van der Waals surface area contributed by atoms with Crippen LogP contribution in [0.3, 0.4) is 0 Å². The molecule has 0 unspecified atom stereocenters. The van der Waals surface area contributed by atoms with Gasteiger partial charge in [-0.15, -0.1) is 22.7 Å². The largest absolute Gasteiger partial charge is 0.333 e. The minimum absolute atomic E-state index is 0.174. The van der Waals surface area contributed by atoms with Gasteiger partial charge in [0.05, 0.1) is 11.1 Å². The number of rotatable bonds is 3. The van der Waals surface area contributed by atoms with Crippen molar-refractivity contribution in [3.63, 3.8) is 0 Å². The smallest absolute Gasteiger partial charge is 0.265 e. The lowest BCUT2D eigenvalue weighted by atomic mass is 10.0. The van der Waals surface area contributed by atoms with Gasteiger partial charge >= 0.3 is 0 Å². The molecule has 0 aliphatic carbocycles. The van der Waals surface area contributed by atoms with Gasteiger partial charge in [-0.3, -0.25) is 4.79 Å². The summed E-state index contributed by atoms with van der Waals surface area (Å²) in [4.78, 5) is 23.9. The van der Waals surface area contributed by atoms with Crippen LogP contribution in [-0.2, 0) is 0 Å². The standard InChI is InChI=1S/C17H21N3OS2/c1-19-8-2-5-12(19)13-6-3-9-20(13)17(21)15-11-18-16(23-15)14-7-4-10-22-14/h4,7,10-13H,2-3,5-6,8-9H2,1H3/t12-,13-/m1/s1. The monoisotopic (exact) mass is 347 g/mol. The highest BCUT2D eigenvalue weighted by Crippen LogP contribution is 2.33. The van der Waals surface area contributed by atoms with Gasteiger partial charge in [-0.1, -0.05) is 6.07 Å². The first-order chi connectivity index (χ1) is 11.2. The van der Waals surface area contributed by atoms with E-state index >= 15 is 0 Å². The zero-order valence-corrected chi connectivity index (χ0v) is 14.9. The van der Waals surface area contributed by atoms with E-state index < -0.39 is 0 Å². The number of carbonyl (C=O) groups excluding carboxylic acids is 1. The summed E-state index contributed by atoms with van der Waals surface area (Å²) in [5.74, 6) is 0.174. The third kappa shape index (κ3) is 2.84. The van der Waals surface area contributed by atoms with Crippen LogP contribution in [0, 0.1) is 0 Å². The Morgan fingerprint density at radius 3 is 2.83 bits per heavy atom. The van der Waals surface area contributed by atoms with Crippen molar-refractivity contribution >= 4 is 28.6 Å². The SMILES string of the molecule is CN1CCC[C@@H]1[C@H]1CCCN1C(=O)c1cnc(-c2cccs2)s1. The maximum atomic E-state index is 13.0. The molecule has 23 heavy (non-hydrogen) atoms. The lowest BCUT2D eigenvalue weighted by Gasteiger charge is -2.33. The Balaban J connectivity index is 1.54. The molecule has 2 aliphatic heterocycles. The molecule has 2 saturated heterocycles. The second-order valence-corrected chi connectivity index (χ2v) is 8.38. The summed E-state index contributed by atoms with van der Waals surface area (Å²) >= 11 is 3.20. The summed E-state index contributed by atoms with van der Waals surface area (Å²) in [5, 5.41) is 3.00. The lowest BCUT2D eigenvalue weighted by Crippen LogP contribution is -2.46. The van der Waals surface area contributed by atoms with Crippen LogP contribution in [-0.4, -0.2) is 52.9 Å². The molecule has 0 radical (unpaired) electrons. The molecule has 0 saturated carbocycles. The molecule has 4 rings (SSSR count). The summed E-state index contributed by atoms with van der Waals surface area (Å²) in [6.45, 7) is 2.05. The van der Waals surface area contributed by atoms with Gasteiger partial charge < -0.3 is 9.80 Å². The molecule has 0 N–H and O–H groups in total. The van der Waals surface area contributed by atoms with Gasteiger partial charge in [0.1, 0.15) is 9.88 Å². The van der Waals surface area contributed by atoms with Crippen LogP contribution in [0.5, 0.6) is 0 Å². The Labute approximate surface area is 144 Å². The first kappa shape index (κ1) is 15.3. The van der Waals surface area contributed by atoms with Crippen LogP contribution < -0.4 is 0 Å². The van der Waals surface area contributed by atoms with E-state index in [-0.39, 0.29) is 5.91 Å². The Bertz CT molecular complexity index is 682. The number of likely N-dealkylation sites (tertiary alicyclic amines) is 2. The maximum Gasteiger partial charge on any atom is 0.265 e. The third-order valence-electron chi connectivity index (χ3n) is 5.03. The van der Waals surface area contributed by atoms with Crippen LogP contribution in [0.1, 0.15) is 35.4 Å². The van der Waals surface area contributed by atoms with Gasteiger partial charge in [0.2, 0.25) is 0 Å². The lowest BCUT2D eigenvalue weighted by molar-refractivity contribution is 0.0669. The predicted molar refractivity (Wildman–Crippen MR) is 95.1 cm³/mol. The second kappa shape index (κ2) is 6.34. The number of aromatic nitrogens is 1. The minimum Gasteiger partial charge on any atom is -0.333 e. The van der Waals surface area contributed by atoms with E-state index in [1.807, 2.05) is 11.4 Å². The number of nitrogens with zero attached hydrogens (tertiary/aromatic N) is 3. The average Bonchev–Trinajstić information content (AvgIpc) is 3.31. The first-order valence-electron chi connectivity index (χ1n) is 8.25. The van der Waals surface area contributed by atoms with E-state index in [0.29, 0.717) is 12.1 Å². The molecule has 6 heteroatoms. The van der Waals surface area contributed by atoms with Crippen molar-refractivity contribution in [3.8, 4) is 9.88 Å². The third-order valence-corrected chi connectivity index (χ3v) is 7.05. The van der Waals surface area contributed by atoms with E-state index in [1.54, 1.807) is 17.5 Å². The van der Waals surface area contributed by atoms with Crippen LogP contribution >= 0.6 is 22.7 Å². The predicted octanol–water partition coefficient (Wildman–Crippen LogP) is 3.57. The van der Waals surface area contributed by atoms with Crippen molar-refractivity contribution < 1.29 is 4.79 Å². The molecule has 2 aromatic heterocycles. The Morgan fingerprint density at radius 1 is 1.26 bits per heavy atom. The van der Waals surface area contributed by atoms with E-state index in [1.165, 1.54) is 24.2 Å². The van der Waals surface area contributed by atoms with Crippen molar-refractivity contribution in [2.24, 2.45) is 0 Å². The number of carbonyl (C=O) groups is 1. The minimum atomic E-state index is 0.174. The summed E-state index contributed by atoms with van der Waals surface area (Å²) < 4.78 is 0. The van der Waals surface area contributed by atoms with Crippen LogP contribution in [0.15, 0.2) is 23.7 Å². The molecule has 0 aromatic carbocycles. The number of hydrogen-bond donors (Lipinski definition) is 0. The van der Waals surface area contributed by atoms with Crippen LogP contribution in [0.2, 0.25) is 0 Å². The summed E-state index contributed by atoms with van der Waals surface area (Å²) in [5.41, 5.74) is 0. The summed E-state index contributed by atoms with van der Waals surface area (Å²) in [6, 6.07) is 4.99. The van der Waals surface area contributed by atoms with Crippen molar-refractivity contribution in [3.05, 3.63) is 28.6 Å². The normalized spacial score (nSPS) is 25.3. The fourth-order valence-corrected chi connectivity index (χ4v) is 5.57. The molecule has 4 nitrogen and oxygen atoms in total. The molecular formula is C17H21N3OS2. The summed E-state index contributed by atoms with van der Waals surface area (Å²) in [7, 11) is 2.19. The highest BCUT2D eigenvalue weighted by molar-refractivity contribution is 7.21. The van der Waals surface area contributed by atoms with Crippen molar-refractivity contribution in [2.45, 2.75) is 37.8 Å².